The van der Waals surface area contributed by atoms with Gasteiger partial charge in [0, 0.05) is 15.8 Å². The summed E-state index contributed by atoms with van der Waals surface area (Å²) in [7, 11) is 0. The Bertz CT molecular complexity index is 749. The summed E-state index contributed by atoms with van der Waals surface area (Å²) in [6.07, 6.45) is 0. The van der Waals surface area contributed by atoms with Crippen molar-refractivity contribution in [2.45, 2.75) is 0 Å². The third kappa shape index (κ3) is 2.21. The minimum absolute atomic E-state index is 0.536. The van der Waals surface area contributed by atoms with Crippen molar-refractivity contribution in [1.82, 2.24) is 0 Å². The van der Waals surface area contributed by atoms with Gasteiger partial charge in [-0.1, -0.05) is 77.3 Å². The Labute approximate surface area is 126 Å². The first-order chi connectivity index (χ1) is 9.18. The van der Waals surface area contributed by atoms with Gasteiger partial charge in [0.1, 0.15) is 0 Å². The predicted octanol–water partition coefficient (Wildman–Crippen LogP) is 6.47. The lowest BCUT2D eigenvalue weighted by Gasteiger charge is -2.11. The standard InChI is InChI=1S/C16H9Cl3/c17-13-8-6-11(10-4-2-1-3-5-10)15-12(13)7-9-14(18)16(15)19/h1-9H. The highest BCUT2D eigenvalue weighted by Gasteiger charge is 2.12. The van der Waals surface area contributed by atoms with Crippen LogP contribution in [0.3, 0.4) is 0 Å². The molecule has 0 nitrogen and oxygen atoms in total. The molecule has 0 bridgehead atoms. The molecule has 0 aliphatic carbocycles. The van der Waals surface area contributed by atoms with Crippen molar-refractivity contribution in [1.29, 1.82) is 0 Å². The molecule has 3 heteroatoms. The van der Waals surface area contributed by atoms with E-state index in [2.05, 4.69) is 0 Å². The summed E-state index contributed by atoms with van der Waals surface area (Å²) in [6.45, 7) is 0. The van der Waals surface area contributed by atoms with E-state index >= 15 is 0 Å². The van der Waals surface area contributed by atoms with E-state index in [1.165, 1.54) is 0 Å². The number of hydrogen-bond acceptors (Lipinski definition) is 0. The van der Waals surface area contributed by atoms with E-state index in [0.29, 0.717) is 15.1 Å². The van der Waals surface area contributed by atoms with E-state index in [1.807, 2.05) is 48.5 Å². The molecule has 0 unspecified atom stereocenters. The van der Waals surface area contributed by atoms with Gasteiger partial charge in [0.15, 0.2) is 0 Å². The highest BCUT2D eigenvalue weighted by Crippen LogP contribution is 2.40. The smallest absolute Gasteiger partial charge is 0.0677 e. The van der Waals surface area contributed by atoms with Crippen molar-refractivity contribution >= 4 is 45.6 Å². The second kappa shape index (κ2) is 5.05. The van der Waals surface area contributed by atoms with Gasteiger partial charge in [-0.15, -0.1) is 0 Å². The summed E-state index contributed by atoms with van der Waals surface area (Å²) in [5.41, 5.74) is 2.13. The third-order valence-electron chi connectivity index (χ3n) is 3.10. The fraction of sp³-hybridized carbons (Fsp3) is 0. The van der Waals surface area contributed by atoms with E-state index in [0.717, 1.165) is 21.9 Å². The van der Waals surface area contributed by atoms with Gasteiger partial charge in [-0.3, -0.25) is 0 Å². The number of fused-ring (bicyclic) bond motifs is 1. The summed E-state index contributed by atoms with van der Waals surface area (Å²) in [6, 6.07) is 17.6. The Hall–Kier alpha value is -1.21. The average Bonchev–Trinajstić information content (AvgIpc) is 2.44. The maximum Gasteiger partial charge on any atom is 0.0677 e. The van der Waals surface area contributed by atoms with Gasteiger partial charge in [0.2, 0.25) is 0 Å². The molecule has 0 saturated heterocycles. The molecule has 0 atom stereocenters. The van der Waals surface area contributed by atoms with Crippen molar-refractivity contribution in [2.75, 3.05) is 0 Å². The minimum Gasteiger partial charge on any atom is -0.0837 e. The number of halogens is 3. The fourth-order valence-corrected chi connectivity index (χ4v) is 2.85. The van der Waals surface area contributed by atoms with E-state index in [9.17, 15) is 0 Å². The van der Waals surface area contributed by atoms with Crippen LogP contribution in [0.25, 0.3) is 21.9 Å². The molecule has 3 aromatic carbocycles. The van der Waals surface area contributed by atoms with Crippen LogP contribution >= 0.6 is 34.8 Å². The first kappa shape index (κ1) is 12.8. The molecule has 0 heterocycles. The maximum absolute atomic E-state index is 6.36. The van der Waals surface area contributed by atoms with Crippen molar-refractivity contribution in [2.24, 2.45) is 0 Å². The zero-order valence-electron chi connectivity index (χ0n) is 9.83. The molecule has 0 amide bonds. The molecule has 94 valence electrons. The molecule has 0 saturated carbocycles. The third-order valence-corrected chi connectivity index (χ3v) is 4.24. The van der Waals surface area contributed by atoms with Crippen LogP contribution in [0.1, 0.15) is 0 Å². The van der Waals surface area contributed by atoms with Crippen LogP contribution in [0.4, 0.5) is 0 Å². The van der Waals surface area contributed by atoms with E-state index < -0.39 is 0 Å². The first-order valence-electron chi connectivity index (χ1n) is 5.80. The van der Waals surface area contributed by atoms with Crippen LogP contribution in [-0.4, -0.2) is 0 Å². The lowest BCUT2D eigenvalue weighted by Crippen LogP contribution is -1.84. The van der Waals surface area contributed by atoms with Crippen molar-refractivity contribution in [3.05, 3.63) is 69.7 Å². The second-order valence-electron chi connectivity index (χ2n) is 4.24. The quantitative estimate of drug-likeness (QED) is 0.483. The van der Waals surface area contributed by atoms with Crippen LogP contribution in [0.2, 0.25) is 15.1 Å². The summed E-state index contributed by atoms with van der Waals surface area (Å²) in [5, 5.41) is 3.56. The second-order valence-corrected chi connectivity index (χ2v) is 5.44. The Balaban J connectivity index is 2.44. The zero-order valence-corrected chi connectivity index (χ0v) is 12.1. The van der Waals surface area contributed by atoms with Gasteiger partial charge in [0.25, 0.3) is 0 Å². The van der Waals surface area contributed by atoms with Crippen LogP contribution in [-0.2, 0) is 0 Å². The number of hydrogen-bond donors (Lipinski definition) is 0. The normalized spacial score (nSPS) is 10.9. The molecule has 0 radical (unpaired) electrons. The molecular formula is C16H9Cl3. The van der Waals surface area contributed by atoms with Crippen molar-refractivity contribution in [3.8, 4) is 11.1 Å². The fourth-order valence-electron chi connectivity index (χ4n) is 2.20. The van der Waals surface area contributed by atoms with Crippen molar-refractivity contribution < 1.29 is 0 Å². The predicted molar refractivity (Wildman–Crippen MR) is 84.4 cm³/mol. The van der Waals surface area contributed by atoms with E-state index in [1.54, 1.807) is 6.07 Å². The lowest BCUT2D eigenvalue weighted by atomic mass is 9.98. The maximum atomic E-state index is 6.36. The average molecular weight is 308 g/mol. The number of benzene rings is 3. The molecule has 0 spiro atoms. The first-order valence-corrected chi connectivity index (χ1v) is 6.93. The van der Waals surface area contributed by atoms with Gasteiger partial charge in [-0.25, -0.2) is 0 Å². The lowest BCUT2D eigenvalue weighted by molar-refractivity contribution is 1.65. The van der Waals surface area contributed by atoms with Gasteiger partial charge < -0.3 is 0 Å². The van der Waals surface area contributed by atoms with Gasteiger partial charge in [-0.2, -0.15) is 0 Å². The van der Waals surface area contributed by atoms with Crippen LogP contribution in [0, 0.1) is 0 Å². The molecule has 0 N–H and O–H groups in total. The largest absolute Gasteiger partial charge is 0.0837 e. The van der Waals surface area contributed by atoms with Crippen LogP contribution in [0.15, 0.2) is 54.6 Å². The van der Waals surface area contributed by atoms with Gasteiger partial charge >= 0.3 is 0 Å². The molecule has 3 rings (SSSR count). The molecular weight excluding hydrogens is 299 g/mol. The molecule has 0 aliphatic heterocycles. The highest BCUT2D eigenvalue weighted by atomic mass is 35.5. The Morgan fingerprint density at radius 3 is 2.05 bits per heavy atom. The summed E-state index contributed by atoms with van der Waals surface area (Å²) < 4.78 is 0. The van der Waals surface area contributed by atoms with Crippen molar-refractivity contribution in [3.63, 3.8) is 0 Å². The van der Waals surface area contributed by atoms with Crippen LogP contribution in [0.5, 0.6) is 0 Å². The Kier molecular flexibility index (Phi) is 3.40. The SMILES string of the molecule is Clc1ccc2c(Cl)ccc(-c3ccccc3)c2c1Cl. The van der Waals surface area contributed by atoms with Gasteiger partial charge in [-0.05, 0) is 23.3 Å². The zero-order chi connectivity index (χ0) is 13.4. The minimum atomic E-state index is 0.536. The molecule has 19 heavy (non-hydrogen) atoms. The molecule has 0 aromatic heterocycles. The Morgan fingerprint density at radius 1 is 0.632 bits per heavy atom. The summed E-state index contributed by atoms with van der Waals surface area (Å²) in [4.78, 5) is 0. The summed E-state index contributed by atoms with van der Waals surface area (Å²) in [5.74, 6) is 0. The highest BCUT2D eigenvalue weighted by molar-refractivity contribution is 6.47. The number of rotatable bonds is 1. The monoisotopic (exact) mass is 306 g/mol. The molecule has 0 aliphatic rings. The topological polar surface area (TPSA) is 0 Å². The van der Waals surface area contributed by atoms with Crippen LogP contribution < -0.4 is 0 Å². The summed E-state index contributed by atoms with van der Waals surface area (Å²) >= 11 is 18.7. The van der Waals surface area contributed by atoms with E-state index in [4.69, 9.17) is 34.8 Å². The molecule has 3 aromatic rings. The van der Waals surface area contributed by atoms with E-state index in [-0.39, 0.29) is 0 Å². The van der Waals surface area contributed by atoms with Gasteiger partial charge in [0.05, 0.1) is 10.0 Å². The molecule has 0 fully saturated rings. The Morgan fingerprint density at radius 2 is 1.32 bits per heavy atom.